The standard InChI is InChI=1S/C17H13Cl2N5O/c18-11-4-5-14(13(19)7-11)24-16-10-21-15(9-22-16)17(25)23-8-12-3-1-2-6-20-12/h1-7,9-10H,8H2,(H,22,24)(H,23,25). The van der Waals surface area contributed by atoms with Crippen molar-refractivity contribution in [3.05, 3.63) is 76.4 Å². The van der Waals surface area contributed by atoms with E-state index in [1.165, 1.54) is 12.4 Å². The Morgan fingerprint density at radius 3 is 2.60 bits per heavy atom. The molecule has 0 spiro atoms. The number of halogens is 2. The van der Waals surface area contributed by atoms with Crippen molar-refractivity contribution >= 4 is 40.6 Å². The van der Waals surface area contributed by atoms with Gasteiger partial charge in [0.05, 0.1) is 35.3 Å². The van der Waals surface area contributed by atoms with E-state index in [0.717, 1.165) is 5.69 Å². The van der Waals surface area contributed by atoms with Crippen LogP contribution in [0.1, 0.15) is 16.2 Å². The quantitative estimate of drug-likeness (QED) is 0.709. The van der Waals surface area contributed by atoms with E-state index in [1.54, 1.807) is 24.4 Å². The average molecular weight is 374 g/mol. The maximum absolute atomic E-state index is 12.1. The maximum atomic E-state index is 12.1. The van der Waals surface area contributed by atoms with Gasteiger partial charge in [0.1, 0.15) is 11.5 Å². The summed E-state index contributed by atoms with van der Waals surface area (Å²) in [4.78, 5) is 24.5. The van der Waals surface area contributed by atoms with E-state index in [4.69, 9.17) is 23.2 Å². The molecule has 3 rings (SSSR count). The highest BCUT2D eigenvalue weighted by Gasteiger charge is 2.09. The molecule has 2 aromatic heterocycles. The normalized spacial score (nSPS) is 10.3. The molecule has 0 aliphatic heterocycles. The molecule has 6 nitrogen and oxygen atoms in total. The average Bonchev–Trinajstić information content (AvgIpc) is 2.63. The van der Waals surface area contributed by atoms with Crippen molar-refractivity contribution in [3.8, 4) is 0 Å². The number of hydrogen-bond acceptors (Lipinski definition) is 5. The number of anilines is 2. The molecule has 0 atom stereocenters. The van der Waals surface area contributed by atoms with Crippen LogP contribution in [0.5, 0.6) is 0 Å². The van der Waals surface area contributed by atoms with Crippen molar-refractivity contribution in [1.82, 2.24) is 20.3 Å². The molecule has 0 aliphatic carbocycles. The van der Waals surface area contributed by atoms with Crippen LogP contribution in [0.4, 0.5) is 11.5 Å². The zero-order valence-corrected chi connectivity index (χ0v) is 14.4. The number of benzene rings is 1. The second kappa shape index (κ2) is 7.92. The van der Waals surface area contributed by atoms with Crippen molar-refractivity contribution in [1.29, 1.82) is 0 Å². The minimum absolute atomic E-state index is 0.212. The Balaban J connectivity index is 1.62. The minimum Gasteiger partial charge on any atom is -0.345 e. The zero-order valence-electron chi connectivity index (χ0n) is 12.9. The number of nitrogens with one attached hydrogen (secondary N) is 2. The van der Waals surface area contributed by atoms with Crippen LogP contribution in [0.3, 0.4) is 0 Å². The fraction of sp³-hybridized carbons (Fsp3) is 0.0588. The van der Waals surface area contributed by atoms with Crippen molar-refractivity contribution in [2.75, 3.05) is 5.32 Å². The molecule has 0 unspecified atom stereocenters. The molecular formula is C17H13Cl2N5O. The van der Waals surface area contributed by atoms with Crippen LogP contribution in [0.15, 0.2) is 55.0 Å². The lowest BCUT2D eigenvalue weighted by atomic mass is 10.3. The van der Waals surface area contributed by atoms with Gasteiger partial charge in [-0.3, -0.25) is 9.78 Å². The van der Waals surface area contributed by atoms with Crippen LogP contribution in [0.25, 0.3) is 0 Å². The number of amides is 1. The van der Waals surface area contributed by atoms with E-state index in [-0.39, 0.29) is 11.6 Å². The molecule has 0 fully saturated rings. The maximum Gasteiger partial charge on any atom is 0.271 e. The third kappa shape index (κ3) is 4.65. The number of rotatable bonds is 5. The van der Waals surface area contributed by atoms with Gasteiger partial charge in [0.15, 0.2) is 0 Å². The lowest BCUT2D eigenvalue weighted by Gasteiger charge is -2.08. The molecule has 1 aromatic carbocycles. The van der Waals surface area contributed by atoms with Gasteiger partial charge in [-0.05, 0) is 30.3 Å². The number of pyridine rings is 1. The lowest BCUT2D eigenvalue weighted by Crippen LogP contribution is -2.24. The first-order chi connectivity index (χ1) is 12.1. The van der Waals surface area contributed by atoms with E-state index in [0.29, 0.717) is 28.1 Å². The molecule has 25 heavy (non-hydrogen) atoms. The minimum atomic E-state index is -0.325. The van der Waals surface area contributed by atoms with Crippen LogP contribution in [0.2, 0.25) is 10.0 Å². The monoisotopic (exact) mass is 373 g/mol. The van der Waals surface area contributed by atoms with Gasteiger partial charge in [0.2, 0.25) is 0 Å². The van der Waals surface area contributed by atoms with Crippen LogP contribution in [-0.4, -0.2) is 20.9 Å². The van der Waals surface area contributed by atoms with Gasteiger partial charge in [-0.25, -0.2) is 9.97 Å². The summed E-state index contributed by atoms with van der Waals surface area (Å²) >= 11 is 12.0. The highest BCUT2D eigenvalue weighted by molar-refractivity contribution is 6.36. The van der Waals surface area contributed by atoms with Crippen LogP contribution in [-0.2, 0) is 6.54 Å². The summed E-state index contributed by atoms with van der Waals surface area (Å²) in [5.74, 6) is 0.139. The predicted octanol–water partition coefficient (Wildman–Crippen LogP) is 3.85. The number of carbonyl (C=O) groups excluding carboxylic acids is 1. The molecular weight excluding hydrogens is 361 g/mol. The molecule has 0 aliphatic rings. The van der Waals surface area contributed by atoms with E-state index in [9.17, 15) is 4.79 Å². The highest BCUT2D eigenvalue weighted by Crippen LogP contribution is 2.27. The summed E-state index contributed by atoms with van der Waals surface area (Å²) in [6.07, 6.45) is 4.52. The smallest absolute Gasteiger partial charge is 0.271 e. The molecule has 8 heteroatoms. The lowest BCUT2D eigenvalue weighted by molar-refractivity contribution is 0.0945. The second-order valence-corrected chi connectivity index (χ2v) is 5.88. The highest BCUT2D eigenvalue weighted by atomic mass is 35.5. The third-order valence-electron chi connectivity index (χ3n) is 3.23. The van der Waals surface area contributed by atoms with Crippen molar-refractivity contribution in [2.45, 2.75) is 6.54 Å². The number of hydrogen-bond donors (Lipinski definition) is 2. The predicted molar refractivity (Wildman–Crippen MR) is 97.2 cm³/mol. The van der Waals surface area contributed by atoms with E-state index in [2.05, 4.69) is 25.6 Å². The Morgan fingerprint density at radius 1 is 1.04 bits per heavy atom. The molecule has 0 saturated heterocycles. The Hall–Kier alpha value is -2.70. The largest absolute Gasteiger partial charge is 0.345 e. The molecule has 2 heterocycles. The SMILES string of the molecule is O=C(NCc1ccccn1)c1cnc(Nc2ccc(Cl)cc2Cl)cn1. The Morgan fingerprint density at radius 2 is 1.92 bits per heavy atom. The van der Waals surface area contributed by atoms with Crippen LogP contribution < -0.4 is 10.6 Å². The topological polar surface area (TPSA) is 79.8 Å². The number of carbonyl (C=O) groups is 1. The fourth-order valence-electron chi connectivity index (χ4n) is 2.00. The second-order valence-electron chi connectivity index (χ2n) is 5.04. The van der Waals surface area contributed by atoms with E-state index in [1.807, 2.05) is 18.2 Å². The number of nitrogens with zero attached hydrogens (tertiary/aromatic N) is 3. The third-order valence-corrected chi connectivity index (χ3v) is 3.78. The van der Waals surface area contributed by atoms with Gasteiger partial charge < -0.3 is 10.6 Å². The van der Waals surface area contributed by atoms with Crippen LogP contribution >= 0.6 is 23.2 Å². The van der Waals surface area contributed by atoms with Gasteiger partial charge in [-0.15, -0.1) is 0 Å². The summed E-state index contributed by atoms with van der Waals surface area (Å²) < 4.78 is 0. The molecule has 0 saturated carbocycles. The fourth-order valence-corrected chi connectivity index (χ4v) is 2.46. The number of aromatic nitrogens is 3. The molecule has 1 amide bonds. The first-order valence-corrected chi connectivity index (χ1v) is 8.09. The van der Waals surface area contributed by atoms with Crippen LogP contribution in [0, 0.1) is 0 Å². The Kier molecular flexibility index (Phi) is 5.42. The van der Waals surface area contributed by atoms with Gasteiger partial charge in [0, 0.05) is 11.2 Å². The summed E-state index contributed by atoms with van der Waals surface area (Å²) in [6, 6.07) is 10.6. The van der Waals surface area contributed by atoms with Gasteiger partial charge in [0.25, 0.3) is 5.91 Å². The van der Waals surface area contributed by atoms with Gasteiger partial charge in [-0.1, -0.05) is 29.3 Å². The van der Waals surface area contributed by atoms with Gasteiger partial charge >= 0.3 is 0 Å². The molecule has 2 N–H and O–H groups in total. The zero-order chi connectivity index (χ0) is 17.6. The Labute approximate surface area is 154 Å². The molecule has 0 radical (unpaired) electrons. The van der Waals surface area contributed by atoms with Crippen molar-refractivity contribution in [2.24, 2.45) is 0 Å². The summed E-state index contributed by atoms with van der Waals surface area (Å²) in [5, 5.41) is 6.76. The van der Waals surface area contributed by atoms with Crippen molar-refractivity contribution < 1.29 is 4.79 Å². The van der Waals surface area contributed by atoms with Crippen molar-refractivity contribution in [3.63, 3.8) is 0 Å². The Bertz CT molecular complexity index is 872. The first-order valence-electron chi connectivity index (χ1n) is 7.34. The molecule has 0 bridgehead atoms. The van der Waals surface area contributed by atoms with Gasteiger partial charge in [-0.2, -0.15) is 0 Å². The van der Waals surface area contributed by atoms with E-state index < -0.39 is 0 Å². The summed E-state index contributed by atoms with van der Waals surface area (Å²) in [6.45, 7) is 0.321. The first kappa shape index (κ1) is 17.1. The van der Waals surface area contributed by atoms with E-state index >= 15 is 0 Å². The molecule has 126 valence electrons. The molecule has 3 aromatic rings. The summed E-state index contributed by atoms with van der Waals surface area (Å²) in [5.41, 5.74) is 1.62. The summed E-state index contributed by atoms with van der Waals surface area (Å²) in [7, 11) is 0.